The molecule has 1 aliphatic carbocycles. The Morgan fingerprint density at radius 2 is 1.64 bits per heavy atom. The number of ether oxygens (including phenoxy) is 1. The highest BCUT2D eigenvalue weighted by Crippen LogP contribution is 2.37. The van der Waals surface area contributed by atoms with Crippen LogP contribution in [0.2, 0.25) is 0 Å². The molecule has 1 aromatic heterocycles. The number of piperazine rings is 1. The number of benzene rings is 2. The summed E-state index contributed by atoms with van der Waals surface area (Å²) < 4.78 is 21.1. The van der Waals surface area contributed by atoms with Crippen LogP contribution in [0.4, 0.5) is 20.7 Å². The molecular weight excluding hydrogens is 711 g/mol. The lowest BCUT2D eigenvalue weighted by molar-refractivity contribution is -0.136. The zero-order chi connectivity index (χ0) is 38.4. The Morgan fingerprint density at radius 1 is 0.909 bits per heavy atom. The van der Waals surface area contributed by atoms with E-state index in [0.717, 1.165) is 60.0 Å². The van der Waals surface area contributed by atoms with Crippen molar-refractivity contribution >= 4 is 47.1 Å². The van der Waals surface area contributed by atoms with Crippen LogP contribution in [0.1, 0.15) is 88.9 Å². The van der Waals surface area contributed by atoms with E-state index < -0.39 is 35.5 Å². The van der Waals surface area contributed by atoms with Crippen LogP contribution >= 0.6 is 0 Å². The van der Waals surface area contributed by atoms with E-state index in [1.54, 1.807) is 4.90 Å². The van der Waals surface area contributed by atoms with E-state index in [0.29, 0.717) is 38.5 Å². The molecule has 5 aliphatic rings. The van der Waals surface area contributed by atoms with Gasteiger partial charge in [0.25, 0.3) is 11.8 Å². The summed E-state index contributed by atoms with van der Waals surface area (Å²) >= 11 is 0. The highest BCUT2D eigenvalue weighted by atomic mass is 19.1. The second kappa shape index (κ2) is 14.9. The second-order valence-electron chi connectivity index (χ2n) is 15.2. The van der Waals surface area contributed by atoms with Gasteiger partial charge in [0.1, 0.15) is 18.0 Å². The molecule has 0 bridgehead atoms. The van der Waals surface area contributed by atoms with Gasteiger partial charge in [0.2, 0.25) is 17.7 Å². The fourth-order valence-corrected chi connectivity index (χ4v) is 8.20. The topological polar surface area (TPSA) is 177 Å². The monoisotopic (exact) mass is 754 g/mol. The molecule has 8 rings (SSSR count). The van der Waals surface area contributed by atoms with Crippen LogP contribution < -0.4 is 15.5 Å². The third kappa shape index (κ3) is 7.42. The predicted molar refractivity (Wildman–Crippen MR) is 196 cm³/mol. The number of amides is 6. The number of hydrogen-bond acceptors (Lipinski definition) is 10. The number of carbonyl (C=O) groups excluding carboxylic acids is 6. The van der Waals surface area contributed by atoms with E-state index in [4.69, 9.17) is 4.74 Å². The first-order chi connectivity index (χ1) is 26.5. The minimum absolute atomic E-state index is 0.00621. The van der Waals surface area contributed by atoms with Crippen molar-refractivity contribution < 1.29 is 37.9 Å². The number of nitrogens with zero attached hydrogens (tertiary/aromatic N) is 5. The number of rotatable bonds is 9. The van der Waals surface area contributed by atoms with Gasteiger partial charge in [-0.15, -0.1) is 0 Å². The number of fused-ring (bicyclic) bond motifs is 1. The van der Waals surface area contributed by atoms with Gasteiger partial charge in [0, 0.05) is 69.4 Å². The van der Waals surface area contributed by atoms with Gasteiger partial charge in [-0.3, -0.25) is 44.2 Å². The highest BCUT2D eigenvalue weighted by molar-refractivity contribution is 6.23. The van der Waals surface area contributed by atoms with Crippen molar-refractivity contribution in [2.24, 2.45) is 0 Å². The smallest absolute Gasteiger partial charge is 0.410 e. The molecule has 3 aromatic rings. The average molecular weight is 755 g/mol. The van der Waals surface area contributed by atoms with Gasteiger partial charge < -0.3 is 19.9 Å². The van der Waals surface area contributed by atoms with E-state index in [-0.39, 0.29) is 66.1 Å². The van der Waals surface area contributed by atoms with E-state index in [2.05, 4.69) is 25.7 Å². The molecule has 3 N–H and O–H groups in total. The highest BCUT2D eigenvalue weighted by Gasteiger charge is 2.45. The second-order valence-corrected chi connectivity index (χ2v) is 15.2. The number of anilines is 2. The number of halogens is 1. The Bertz CT molecular complexity index is 2040. The van der Waals surface area contributed by atoms with Crippen molar-refractivity contribution in [3.05, 3.63) is 76.2 Å². The van der Waals surface area contributed by atoms with Gasteiger partial charge in [-0.25, -0.2) is 9.18 Å². The van der Waals surface area contributed by atoms with Gasteiger partial charge in [-0.1, -0.05) is 24.3 Å². The van der Waals surface area contributed by atoms with Crippen LogP contribution in [0.25, 0.3) is 0 Å². The number of aromatic nitrogens is 2. The Hall–Kier alpha value is -5.64. The first kappa shape index (κ1) is 36.3. The van der Waals surface area contributed by atoms with E-state index in [9.17, 15) is 28.8 Å². The molecule has 6 amide bonds. The van der Waals surface area contributed by atoms with Crippen molar-refractivity contribution in [1.29, 1.82) is 0 Å². The van der Waals surface area contributed by atoms with Crippen LogP contribution in [0, 0.1) is 5.82 Å². The molecular formula is C39H43FN8O7. The van der Waals surface area contributed by atoms with E-state index in [1.807, 2.05) is 42.2 Å². The lowest BCUT2D eigenvalue weighted by Gasteiger charge is -2.38. The number of H-pyrrole nitrogens is 1. The molecule has 0 spiro atoms. The van der Waals surface area contributed by atoms with Crippen molar-refractivity contribution in [3.8, 4) is 0 Å². The van der Waals surface area contributed by atoms with Crippen molar-refractivity contribution in [1.82, 2.24) is 30.2 Å². The van der Waals surface area contributed by atoms with Crippen LogP contribution in [-0.2, 0) is 32.1 Å². The number of nitrogens with one attached hydrogen (secondary N) is 3. The Balaban J connectivity index is 0.793. The van der Waals surface area contributed by atoms with E-state index >= 15 is 4.39 Å². The molecule has 2 aromatic carbocycles. The van der Waals surface area contributed by atoms with Gasteiger partial charge in [-0.05, 0) is 62.3 Å². The molecule has 5 heterocycles. The fourth-order valence-electron chi connectivity index (χ4n) is 8.20. The lowest BCUT2D eigenvalue weighted by Crippen LogP contribution is -2.54. The molecule has 0 radical (unpaired) electrons. The summed E-state index contributed by atoms with van der Waals surface area (Å²) in [6, 6.07) is 11.3. The summed E-state index contributed by atoms with van der Waals surface area (Å²) in [5.74, 6) is -2.75. The quantitative estimate of drug-likeness (QED) is 0.275. The van der Waals surface area contributed by atoms with Crippen molar-refractivity contribution in [2.75, 3.05) is 42.9 Å². The Morgan fingerprint density at radius 3 is 2.33 bits per heavy atom. The third-order valence-electron chi connectivity index (χ3n) is 11.5. The summed E-state index contributed by atoms with van der Waals surface area (Å²) in [6.45, 7) is 5.69. The predicted octanol–water partition coefficient (Wildman–Crippen LogP) is 3.32. The standard InChI is InChI=1S/C39H43FN8O7/c1-22-10-11-47(22)39(54)55-26-7-6-25(17-26)30-20-33(44-43-30)41-35(50)16-23-2-4-24(5-3-23)21-45-12-14-46(15-13-45)32-19-28-27(18-29(32)40)37(52)48(38(28)53)31-8-9-34(49)42-36(31)51/h2-5,18-20,22,25-26,31H,6-17,21H2,1H3,(H,42,49,51)(H2,41,43,44,50)/t22-,25+,26-,31?/m0/s1. The minimum atomic E-state index is -1.11. The largest absolute Gasteiger partial charge is 0.446 e. The molecule has 3 saturated heterocycles. The summed E-state index contributed by atoms with van der Waals surface area (Å²) in [5, 5.41) is 12.4. The number of hydrogen-bond donors (Lipinski definition) is 3. The summed E-state index contributed by atoms with van der Waals surface area (Å²) in [6.07, 6.45) is 3.27. The molecule has 1 saturated carbocycles. The van der Waals surface area contributed by atoms with Crippen molar-refractivity contribution in [3.63, 3.8) is 0 Å². The molecule has 288 valence electrons. The van der Waals surface area contributed by atoms with Gasteiger partial charge >= 0.3 is 6.09 Å². The number of carbonyl (C=O) groups is 6. The summed E-state index contributed by atoms with van der Waals surface area (Å²) in [7, 11) is 0. The SMILES string of the molecule is C[C@H]1CCN1C(=O)O[C@H]1CC[C@@H](c2cc(NC(=O)Cc3ccc(CN4CCN(c5cc6c(cc5F)C(=O)N(C5CCC(=O)NC5=O)C6=O)CC4)cc3)n[nH]2)C1. The molecule has 4 aliphatic heterocycles. The van der Waals surface area contributed by atoms with Gasteiger partial charge in [0.15, 0.2) is 5.82 Å². The maximum absolute atomic E-state index is 15.4. The normalized spacial score (nSPS) is 24.1. The Kier molecular flexibility index (Phi) is 9.84. The van der Waals surface area contributed by atoms with E-state index in [1.165, 1.54) is 6.07 Å². The molecule has 16 heteroatoms. The molecule has 1 unspecified atom stereocenters. The maximum atomic E-state index is 15.4. The van der Waals surface area contributed by atoms with Gasteiger partial charge in [0.05, 0.1) is 23.2 Å². The molecule has 55 heavy (non-hydrogen) atoms. The number of likely N-dealkylation sites (tertiary alicyclic amines) is 1. The molecule has 4 fully saturated rings. The molecule has 4 atom stereocenters. The third-order valence-corrected chi connectivity index (χ3v) is 11.5. The fraction of sp³-hybridized carbons (Fsp3) is 0.462. The van der Waals surface area contributed by atoms with Crippen LogP contribution in [0.3, 0.4) is 0 Å². The van der Waals surface area contributed by atoms with Crippen LogP contribution in [0.5, 0.6) is 0 Å². The summed E-state index contributed by atoms with van der Waals surface area (Å²) in [5.41, 5.74) is 3.02. The number of piperidine rings is 1. The number of imide groups is 2. The minimum Gasteiger partial charge on any atom is -0.446 e. The first-order valence-electron chi connectivity index (χ1n) is 18.9. The van der Waals surface area contributed by atoms with Gasteiger partial charge in [-0.2, -0.15) is 5.10 Å². The van der Waals surface area contributed by atoms with Crippen LogP contribution in [0.15, 0.2) is 42.5 Å². The zero-order valence-electron chi connectivity index (χ0n) is 30.5. The maximum Gasteiger partial charge on any atom is 0.410 e. The zero-order valence-corrected chi connectivity index (χ0v) is 30.5. The lowest BCUT2D eigenvalue weighted by atomic mass is 10.0. The Labute approximate surface area is 316 Å². The average Bonchev–Trinajstić information content (AvgIpc) is 3.87. The number of aromatic amines is 1. The first-order valence-corrected chi connectivity index (χ1v) is 18.9. The van der Waals surface area contributed by atoms with Crippen molar-refractivity contribution in [2.45, 2.75) is 82.5 Å². The summed E-state index contributed by atoms with van der Waals surface area (Å²) in [4.78, 5) is 82.2. The molecule has 15 nitrogen and oxygen atoms in total. The van der Waals surface area contributed by atoms with Crippen LogP contribution in [-0.4, -0.2) is 111 Å².